The van der Waals surface area contributed by atoms with Crippen molar-refractivity contribution in [3.8, 4) is 0 Å². The summed E-state index contributed by atoms with van der Waals surface area (Å²) in [5.41, 5.74) is 2.35. The number of aromatic nitrogens is 2. The summed E-state index contributed by atoms with van der Waals surface area (Å²) in [6.07, 6.45) is 1.83. The molecule has 0 amide bonds. The molecule has 1 aromatic carbocycles. The predicted molar refractivity (Wildman–Crippen MR) is 74.5 cm³/mol. The van der Waals surface area contributed by atoms with Gasteiger partial charge in [0.25, 0.3) is 0 Å². The highest BCUT2D eigenvalue weighted by atomic mass is 32.2. The van der Waals surface area contributed by atoms with Crippen LogP contribution in [0.15, 0.2) is 39.5 Å². The molecule has 1 aromatic heterocycles. The van der Waals surface area contributed by atoms with Gasteiger partial charge in [-0.05, 0) is 11.1 Å². The Morgan fingerprint density at radius 3 is 2.53 bits per heavy atom. The third kappa shape index (κ3) is 3.57. The molecule has 0 aliphatic carbocycles. The maximum Gasteiger partial charge on any atom is 0.201 e. The molecule has 0 aliphatic heterocycles. The van der Waals surface area contributed by atoms with Crippen molar-refractivity contribution in [1.82, 2.24) is 10.2 Å². The van der Waals surface area contributed by atoms with E-state index in [9.17, 15) is 0 Å². The van der Waals surface area contributed by atoms with Crippen LogP contribution in [0.2, 0.25) is 0 Å². The van der Waals surface area contributed by atoms with Crippen molar-refractivity contribution >= 4 is 41.2 Å². The fourth-order valence-electron chi connectivity index (χ4n) is 1.19. The van der Waals surface area contributed by atoms with Crippen LogP contribution in [0.1, 0.15) is 11.1 Å². The predicted octanol–water partition coefficient (Wildman–Crippen LogP) is 4.04. The molecule has 17 heavy (non-hydrogen) atoms. The number of hydrogen-bond donors (Lipinski definition) is 1. The fraction of sp³-hybridized carbons (Fsp3) is 0.0909. The SMILES string of the molecule is C=Cc1ccc(CSc2nnc(SO)s2)cc1. The molecule has 2 rings (SSSR count). The van der Waals surface area contributed by atoms with Gasteiger partial charge in [-0.25, -0.2) is 0 Å². The highest BCUT2D eigenvalue weighted by Gasteiger charge is 2.04. The van der Waals surface area contributed by atoms with Crippen LogP contribution in [0.3, 0.4) is 0 Å². The second-order valence-electron chi connectivity index (χ2n) is 3.16. The summed E-state index contributed by atoms with van der Waals surface area (Å²) in [7, 11) is 0. The lowest BCUT2D eigenvalue weighted by atomic mass is 10.1. The zero-order valence-corrected chi connectivity index (χ0v) is 11.3. The zero-order chi connectivity index (χ0) is 12.1. The Kier molecular flexibility index (Phi) is 4.61. The minimum atomic E-state index is 0.578. The van der Waals surface area contributed by atoms with Gasteiger partial charge in [0.2, 0.25) is 4.34 Å². The molecule has 0 atom stereocenters. The number of hydrogen-bond acceptors (Lipinski definition) is 6. The number of nitrogens with zero attached hydrogens (tertiary/aromatic N) is 2. The average molecular weight is 282 g/mol. The van der Waals surface area contributed by atoms with E-state index in [1.807, 2.05) is 18.2 Å². The van der Waals surface area contributed by atoms with Crippen LogP contribution >= 0.6 is 35.1 Å². The monoisotopic (exact) mass is 282 g/mol. The number of benzene rings is 1. The van der Waals surface area contributed by atoms with Crippen molar-refractivity contribution in [3.05, 3.63) is 42.0 Å². The maximum absolute atomic E-state index is 8.80. The summed E-state index contributed by atoms with van der Waals surface area (Å²) < 4.78 is 10.2. The van der Waals surface area contributed by atoms with E-state index in [0.29, 0.717) is 16.4 Å². The average Bonchev–Trinajstić information content (AvgIpc) is 2.85. The van der Waals surface area contributed by atoms with E-state index in [1.54, 1.807) is 11.8 Å². The highest BCUT2D eigenvalue weighted by molar-refractivity contribution is 8.01. The van der Waals surface area contributed by atoms with E-state index >= 15 is 0 Å². The zero-order valence-electron chi connectivity index (χ0n) is 8.87. The first-order valence-corrected chi connectivity index (χ1v) is 7.38. The van der Waals surface area contributed by atoms with Crippen molar-refractivity contribution in [2.24, 2.45) is 0 Å². The first kappa shape index (κ1) is 12.6. The van der Waals surface area contributed by atoms with Crippen molar-refractivity contribution in [1.29, 1.82) is 0 Å². The molecule has 6 heteroatoms. The van der Waals surface area contributed by atoms with Crippen LogP contribution < -0.4 is 0 Å². The van der Waals surface area contributed by atoms with Crippen LogP contribution in [0.25, 0.3) is 6.08 Å². The smallest absolute Gasteiger partial charge is 0.201 e. The summed E-state index contributed by atoms with van der Waals surface area (Å²) in [6, 6.07) is 8.23. The molecule has 0 fully saturated rings. The molecular weight excluding hydrogens is 272 g/mol. The lowest BCUT2D eigenvalue weighted by Gasteiger charge is -1.99. The van der Waals surface area contributed by atoms with Crippen LogP contribution in [0, 0.1) is 0 Å². The standard InChI is InChI=1S/C11H10N2OS3/c1-2-8-3-5-9(6-4-8)7-15-10-12-13-11(16-10)17-14/h2-6,14H,1,7H2. The molecule has 0 bridgehead atoms. The topological polar surface area (TPSA) is 46.0 Å². The van der Waals surface area contributed by atoms with Gasteiger partial charge in [-0.15, -0.1) is 10.2 Å². The third-order valence-corrected chi connectivity index (χ3v) is 4.68. The maximum atomic E-state index is 8.80. The summed E-state index contributed by atoms with van der Waals surface area (Å²) in [4.78, 5) is 0. The van der Waals surface area contributed by atoms with Gasteiger partial charge in [0, 0.05) is 5.75 Å². The molecule has 0 aliphatic rings. The quantitative estimate of drug-likeness (QED) is 0.662. The van der Waals surface area contributed by atoms with Crippen LogP contribution in [0.4, 0.5) is 0 Å². The second-order valence-corrected chi connectivity index (χ2v) is 6.19. The Labute approximate surface area is 112 Å². The van der Waals surface area contributed by atoms with E-state index in [-0.39, 0.29) is 0 Å². The molecule has 88 valence electrons. The lowest BCUT2D eigenvalue weighted by molar-refractivity contribution is 0.661. The van der Waals surface area contributed by atoms with E-state index in [1.165, 1.54) is 16.9 Å². The molecule has 2 aromatic rings. The van der Waals surface area contributed by atoms with E-state index in [0.717, 1.165) is 15.7 Å². The first-order valence-electron chi connectivity index (χ1n) is 4.81. The van der Waals surface area contributed by atoms with E-state index < -0.39 is 0 Å². The van der Waals surface area contributed by atoms with Gasteiger partial charge in [-0.1, -0.05) is 60.0 Å². The van der Waals surface area contributed by atoms with Gasteiger partial charge < -0.3 is 4.55 Å². The van der Waals surface area contributed by atoms with Crippen LogP contribution in [-0.4, -0.2) is 14.8 Å². The molecule has 0 saturated carbocycles. The van der Waals surface area contributed by atoms with Gasteiger partial charge in [0.15, 0.2) is 4.34 Å². The summed E-state index contributed by atoms with van der Waals surface area (Å²) in [6.45, 7) is 3.72. The molecule has 0 unspecified atom stereocenters. The Balaban J connectivity index is 1.94. The van der Waals surface area contributed by atoms with Gasteiger partial charge in [0.05, 0.1) is 12.0 Å². The third-order valence-electron chi connectivity index (χ3n) is 2.04. The van der Waals surface area contributed by atoms with E-state index in [2.05, 4.69) is 28.9 Å². The van der Waals surface area contributed by atoms with Gasteiger partial charge in [-0.3, -0.25) is 0 Å². The highest BCUT2D eigenvalue weighted by Crippen LogP contribution is 2.29. The Bertz CT molecular complexity index is 496. The lowest BCUT2D eigenvalue weighted by Crippen LogP contribution is -1.80. The van der Waals surface area contributed by atoms with Crippen molar-refractivity contribution < 1.29 is 4.55 Å². The molecule has 0 saturated heterocycles. The molecule has 3 nitrogen and oxygen atoms in total. The molecular formula is C11H10N2OS3. The van der Waals surface area contributed by atoms with Crippen molar-refractivity contribution in [2.45, 2.75) is 14.4 Å². The van der Waals surface area contributed by atoms with E-state index in [4.69, 9.17) is 4.55 Å². The summed E-state index contributed by atoms with van der Waals surface area (Å²) in [5, 5.41) is 7.79. The Hall–Kier alpha value is -0.820. The van der Waals surface area contributed by atoms with Crippen LogP contribution in [-0.2, 0) is 5.75 Å². The Morgan fingerprint density at radius 2 is 1.94 bits per heavy atom. The van der Waals surface area contributed by atoms with Gasteiger partial charge in [0.1, 0.15) is 0 Å². The molecule has 1 heterocycles. The number of thioether (sulfide) groups is 1. The molecule has 0 spiro atoms. The van der Waals surface area contributed by atoms with Gasteiger partial charge in [-0.2, -0.15) is 0 Å². The normalized spacial score (nSPS) is 10.4. The number of rotatable bonds is 5. The van der Waals surface area contributed by atoms with Crippen molar-refractivity contribution in [3.63, 3.8) is 0 Å². The minimum Gasteiger partial charge on any atom is -0.324 e. The Morgan fingerprint density at radius 1 is 1.24 bits per heavy atom. The minimum absolute atomic E-state index is 0.578. The van der Waals surface area contributed by atoms with Gasteiger partial charge >= 0.3 is 0 Å². The first-order chi connectivity index (χ1) is 8.31. The molecule has 1 N–H and O–H groups in total. The van der Waals surface area contributed by atoms with Crippen molar-refractivity contribution in [2.75, 3.05) is 0 Å². The second kappa shape index (κ2) is 6.20. The summed E-state index contributed by atoms with van der Waals surface area (Å²) >= 11 is 3.65. The fourth-order valence-corrected chi connectivity index (χ4v) is 3.35. The summed E-state index contributed by atoms with van der Waals surface area (Å²) in [5.74, 6) is 0.849. The van der Waals surface area contributed by atoms with Crippen LogP contribution in [0.5, 0.6) is 0 Å². The molecule has 0 radical (unpaired) electrons. The largest absolute Gasteiger partial charge is 0.324 e.